The molecule has 0 aromatic carbocycles. The van der Waals surface area contributed by atoms with Gasteiger partial charge < -0.3 is 11.1 Å². The summed E-state index contributed by atoms with van der Waals surface area (Å²) in [6, 6.07) is 3.15. The lowest BCUT2D eigenvalue weighted by molar-refractivity contribution is -0.122. The van der Waals surface area contributed by atoms with Gasteiger partial charge in [0.15, 0.2) is 0 Å². The van der Waals surface area contributed by atoms with E-state index in [0.717, 1.165) is 11.4 Å². The van der Waals surface area contributed by atoms with Crippen molar-refractivity contribution in [3.05, 3.63) is 24.0 Å². The van der Waals surface area contributed by atoms with E-state index in [-0.39, 0.29) is 5.91 Å². The molecule has 1 atom stereocenters. The fraction of sp³-hybridized carbons (Fsp3) is 0.500. The molecular formula is C10H16N4OS. The smallest absolute Gasteiger partial charge is 0.237 e. The van der Waals surface area contributed by atoms with Crippen LogP contribution in [0.25, 0.3) is 0 Å². The van der Waals surface area contributed by atoms with Crippen LogP contribution in [-0.2, 0) is 11.3 Å². The van der Waals surface area contributed by atoms with E-state index in [1.807, 2.05) is 6.26 Å². The summed E-state index contributed by atoms with van der Waals surface area (Å²) in [5, 5.41) is 10.3. The largest absolute Gasteiger partial charge is 0.349 e. The Morgan fingerprint density at radius 1 is 1.69 bits per heavy atom. The second-order valence-electron chi connectivity index (χ2n) is 3.32. The molecule has 0 unspecified atom stereocenters. The monoisotopic (exact) mass is 240 g/mol. The van der Waals surface area contributed by atoms with Crippen molar-refractivity contribution in [1.82, 2.24) is 15.5 Å². The van der Waals surface area contributed by atoms with E-state index in [1.54, 1.807) is 30.1 Å². The third-order valence-corrected chi connectivity index (χ3v) is 2.68. The van der Waals surface area contributed by atoms with Gasteiger partial charge in [0, 0.05) is 6.20 Å². The molecule has 0 bridgehead atoms. The molecule has 0 aliphatic rings. The van der Waals surface area contributed by atoms with Crippen LogP contribution in [0, 0.1) is 0 Å². The zero-order valence-electron chi connectivity index (χ0n) is 9.22. The SMILES string of the molecule is CSCC[C@H](N)C(=O)NCc1cccnn1. The normalized spacial score (nSPS) is 12.1. The van der Waals surface area contributed by atoms with Gasteiger partial charge in [0.2, 0.25) is 5.91 Å². The number of nitrogens with zero attached hydrogens (tertiary/aromatic N) is 2. The van der Waals surface area contributed by atoms with Gasteiger partial charge in [0.1, 0.15) is 0 Å². The zero-order chi connectivity index (χ0) is 11.8. The molecule has 5 nitrogen and oxygen atoms in total. The molecule has 1 heterocycles. The molecule has 88 valence electrons. The van der Waals surface area contributed by atoms with Crippen molar-refractivity contribution in [3.8, 4) is 0 Å². The number of rotatable bonds is 6. The van der Waals surface area contributed by atoms with Gasteiger partial charge in [-0.25, -0.2) is 0 Å². The number of nitrogens with one attached hydrogen (secondary N) is 1. The topological polar surface area (TPSA) is 80.9 Å². The Bertz CT molecular complexity index is 320. The Morgan fingerprint density at radius 2 is 2.50 bits per heavy atom. The third-order valence-electron chi connectivity index (χ3n) is 2.04. The van der Waals surface area contributed by atoms with E-state index in [0.29, 0.717) is 13.0 Å². The highest BCUT2D eigenvalue weighted by atomic mass is 32.2. The lowest BCUT2D eigenvalue weighted by Gasteiger charge is -2.10. The number of hydrogen-bond acceptors (Lipinski definition) is 5. The maximum atomic E-state index is 11.5. The molecule has 0 saturated carbocycles. The summed E-state index contributed by atoms with van der Waals surface area (Å²) in [4.78, 5) is 11.5. The molecule has 1 amide bonds. The van der Waals surface area contributed by atoms with E-state index in [2.05, 4.69) is 15.5 Å². The van der Waals surface area contributed by atoms with Crippen molar-refractivity contribution in [2.45, 2.75) is 19.0 Å². The first kappa shape index (κ1) is 12.9. The number of hydrogen-bond donors (Lipinski definition) is 2. The highest BCUT2D eigenvalue weighted by Crippen LogP contribution is 1.99. The van der Waals surface area contributed by atoms with E-state index in [4.69, 9.17) is 5.73 Å². The molecule has 1 aromatic rings. The summed E-state index contributed by atoms with van der Waals surface area (Å²) < 4.78 is 0. The van der Waals surface area contributed by atoms with Gasteiger partial charge in [0.25, 0.3) is 0 Å². The lowest BCUT2D eigenvalue weighted by Crippen LogP contribution is -2.40. The second-order valence-corrected chi connectivity index (χ2v) is 4.31. The Labute approximate surface area is 99.2 Å². The summed E-state index contributed by atoms with van der Waals surface area (Å²) in [5.41, 5.74) is 6.44. The highest BCUT2D eigenvalue weighted by Gasteiger charge is 2.12. The summed E-state index contributed by atoms with van der Waals surface area (Å²) in [6.07, 6.45) is 4.27. The van der Waals surface area contributed by atoms with Crippen LogP contribution in [-0.4, -0.2) is 34.2 Å². The molecule has 6 heteroatoms. The number of aromatic nitrogens is 2. The minimum absolute atomic E-state index is 0.139. The minimum Gasteiger partial charge on any atom is -0.349 e. The Kier molecular flexibility index (Phi) is 5.81. The minimum atomic E-state index is -0.441. The van der Waals surface area contributed by atoms with Crippen LogP contribution in [0.5, 0.6) is 0 Å². The van der Waals surface area contributed by atoms with Crippen LogP contribution in [0.4, 0.5) is 0 Å². The number of nitrogens with two attached hydrogens (primary N) is 1. The predicted molar refractivity (Wildman–Crippen MR) is 64.9 cm³/mol. The van der Waals surface area contributed by atoms with Crippen molar-refractivity contribution >= 4 is 17.7 Å². The summed E-state index contributed by atoms with van der Waals surface area (Å²) in [6.45, 7) is 0.375. The second kappa shape index (κ2) is 7.19. The molecular weight excluding hydrogens is 224 g/mol. The molecule has 0 fully saturated rings. The number of thioether (sulfide) groups is 1. The summed E-state index contributed by atoms with van der Waals surface area (Å²) >= 11 is 1.68. The van der Waals surface area contributed by atoms with Gasteiger partial charge in [-0.3, -0.25) is 4.79 Å². The third kappa shape index (κ3) is 4.59. The number of carbonyl (C=O) groups excluding carboxylic acids is 1. The van der Waals surface area contributed by atoms with Crippen LogP contribution in [0.15, 0.2) is 18.3 Å². The van der Waals surface area contributed by atoms with Gasteiger partial charge in [-0.1, -0.05) is 0 Å². The first-order valence-electron chi connectivity index (χ1n) is 5.03. The molecule has 3 N–H and O–H groups in total. The van der Waals surface area contributed by atoms with Crippen LogP contribution < -0.4 is 11.1 Å². The number of carbonyl (C=O) groups is 1. The maximum Gasteiger partial charge on any atom is 0.237 e. The Hall–Kier alpha value is -1.14. The molecule has 0 spiro atoms. The van der Waals surface area contributed by atoms with Gasteiger partial charge in [-0.15, -0.1) is 0 Å². The lowest BCUT2D eigenvalue weighted by atomic mass is 10.2. The fourth-order valence-corrected chi connectivity index (χ4v) is 1.60. The van der Waals surface area contributed by atoms with E-state index >= 15 is 0 Å². The molecule has 0 aliphatic heterocycles. The fourth-order valence-electron chi connectivity index (χ4n) is 1.11. The molecule has 1 aromatic heterocycles. The standard InChI is InChI=1S/C10H16N4OS/c1-16-6-4-9(11)10(15)12-7-8-3-2-5-13-14-8/h2-3,5,9H,4,6-7,11H2,1H3,(H,12,15)/t9-/m0/s1. The van der Waals surface area contributed by atoms with Crippen LogP contribution >= 0.6 is 11.8 Å². The van der Waals surface area contributed by atoms with Gasteiger partial charge >= 0.3 is 0 Å². The van der Waals surface area contributed by atoms with Crippen molar-refractivity contribution in [1.29, 1.82) is 0 Å². The molecule has 0 aliphatic carbocycles. The van der Waals surface area contributed by atoms with Crippen molar-refractivity contribution in [2.24, 2.45) is 5.73 Å². The first-order valence-corrected chi connectivity index (χ1v) is 6.42. The van der Waals surface area contributed by atoms with Crippen molar-refractivity contribution in [3.63, 3.8) is 0 Å². The first-order chi connectivity index (χ1) is 7.74. The predicted octanol–water partition coefficient (Wildman–Crippen LogP) is 0.173. The average Bonchev–Trinajstić information content (AvgIpc) is 2.34. The van der Waals surface area contributed by atoms with Crippen molar-refractivity contribution in [2.75, 3.05) is 12.0 Å². The molecule has 16 heavy (non-hydrogen) atoms. The Balaban J connectivity index is 2.29. The van der Waals surface area contributed by atoms with Crippen LogP contribution in [0.2, 0.25) is 0 Å². The number of amides is 1. The zero-order valence-corrected chi connectivity index (χ0v) is 10.0. The van der Waals surface area contributed by atoms with E-state index in [1.165, 1.54) is 0 Å². The quantitative estimate of drug-likeness (QED) is 0.741. The highest BCUT2D eigenvalue weighted by molar-refractivity contribution is 7.98. The van der Waals surface area contributed by atoms with E-state index < -0.39 is 6.04 Å². The van der Waals surface area contributed by atoms with E-state index in [9.17, 15) is 4.79 Å². The maximum absolute atomic E-state index is 11.5. The molecule has 1 rings (SSSR count). The van der Waals surface area contributed by atoms with Gasteiger partial charge in [-0.2, -0.15) is 22.0 Å². The average molecular weight is 240 g/mol. The van der Waals surface area contributed by atoms with Crippen molar-refractivity contribution < 1.29 is 4.79 Å². The Morgan fingerprint density at radius 3 is 3.12 bits per heavy atom. The molecule has 0 saturated heterocycles. The van der Waals surface area contributed by atoms with Crippen LogP contribution in [0.3, 0.4) is 0 Å². The van der Waals surface area contributed by atoms with Gasteiger partial charge in [-0.05, 0) is 30.6 Å². The summed E-state index contributed by atoms with van der Waals surface area (Å²) in [5.74, 6) is 0.749. The molecule has 0 radical (unpaired) electrons. The van der Waals surface area contributed by atoms with Crippen LogP contribution in [0.1, 0.15) is 12.1 Å². The summed E-state index contributed by atoms with van der Waals surface area (Å²) in [7, 11) is 0. The van der Waals surface area contributed by atoms with Gasteiger partial charge in [0.05, 0.1) is 18.3 Å².